The van der Waals surface area contributed by atoms with Crippen LogP contribution in [0, 0.1) is 0 Å². The average molecular weight is 561 g/mol. The first-order valence-corrected chi connectivity index (χ1v) is 14.7. The fourth-order valence-corrected chi connectivity index (χ4v) is 4.54. The highest BCUT2D eigenvalue weighted by Gasteiger charge is 2.15. The van der Waals surface area contributed by atoms with Gasteiger partial charge in [-0.25, -0.2) is 0 Å². The van der Waals surface area contributed by atoms with Crippen LogP contribution in [0.1, 0.15) is 93.9 Å². The molecule has 0 aliphatic rings. The van der Waals surface area contributed by atoms with Gasteiger partial charge in [0.2, 0.25) is 0 Å². The Balaban J connectivity index is 1.61. The predicted molar refractivity (Wildman–Crippen MR) is 163 cm³/mol. The molecule has 6 heteroatoms. The maximum atomic E-state index is 12.5. The first kappa shape index (κ1) is 31.8. The van der Waals surface area contributed by atoms with Crippen LogP contribution in [0.15, 0.2) is 72.8 Å². The molecule has 3 aromatic rings. The smallest absolute Gasteiger partial charge is 0.311 e. The number of carbonyl (C=O) groups is 1. The molecule has 0 aliphatic heterocycles. The minimum Gasteiger partial charge on any atom is -0.507 e. The molecule has 0 amide bonds. The summed E-state index contributed by atoms with van der Waals surface area (Å²) in [5, 5.41) is 21.2. The highest BCUT2D eigenvalue weighted by Crippen LogP contribution is 2.33. The lowest BCUT2D eigenvalue weighted by Crippen LogP contribution is -2.08. The Morgan fingerprint density at radius 3 is 2.22 bits per heavy atom. The van der Waals surface area contributed by atoms with E-state index in [2.05, 4.69) is 6.92 Å². The molecule has 1 atom stereocenters. The molecule has 3 rings (SSSR count). The molecule has 0 saturated carbocycles. The van der Waals surface area contributed by atoms with E-state index in [-0.39, 0.29) is 11.7 Å². The molecule has 0 bridgehead atoms. The Morgan fingerprint density at radius 1 is 0.854 bits per heavy atom. The van der Waals surface area contributed by atoms with Crippen LogP contribution in [-0.4, -0.2) is 23.3 Å². The lowest BCUT2D eigenvalue weighted by Gasteiger charge is -2.16. The van der Waals surface area contributed by atoms with Crippen LogP contribution in [0.3, 0.4) is 0 Å². The van der Waals surface area contributed by atoms with Gasteiger partial charge in [-0.05, 0) is 36.2 Å². The highest BCUT2D eigenvalue weighted by molar-refractivity contribution is 5.72. The lowest BCUT2D eigenvalue weighted by atomic mass is 10.1. The van der Waals surface area contributed by atoms with Crippen LogP contribution in [-0.2, 0) is 11.4 Å². The summed E-state index contributed by atoms with van der Waals surface area (Å²) in [4.78, 5) is 12.5. The number of rotatable bonds is 18. The Kier molecular flexibility index (Phi) is 13.8. The van der Waals surface area contributed by atoms with Gasteiger partial charge >= 0.3 is 5.97 Å². The third-order valence-corrected chi connectivity index (χ3v) is 6.95. The summed E-state index contributed by atoms with van der Waals surface area (Å²) in [6.45, 7) is 2.52. The standard InChI is InChI=1S/C35H44O6/c1-3-4-5-6-7-8-9-10-14-17-35(38)41-30-21-22-31(34(25-30)40-26-27-15-12-11-13-16-27)32(36)23-19-28-18-20-29(39-2)24-33(28)37/h11-13,15-16,18-25,32,36-37H,3-10,14,17,26H2,1-2H3. The maximum absolute atomic E-state index is 12.5. The van der Waals surface area contributed by atoms with E-state index in [4.69, 9.17) is 14.2 Å². The number of esters is 1. The molecule has 0 saturated heterocycles. The molecule has 2 N–H and O–H groups in total. The minimum atomic E-state index is -1.02. The third-order valence-electron chi connectivity index (χ3n) is 6.95. The zero-order valence-corrected chi connectivity index (χ0v) is 24.4. The number of benzene rings is 3. The van der Waals surface area contributed by atoms with Crippen molar-refractivity contribution in [3.63, 3.8) is 0 Å². The van der Waals surface area contributed by atoms with E-state index in [1.54, 1.807) is 42.5 Å². The molecule has 0 heterocycles. The van der Waals surface area contributed by atoms with E-state index in [0.717, 1.165) is 24.8 Å². The molecule has 0 spiro atoms. The number of aromatic hydroxyl groups is 1. The molecule has 41 heavy (non-hydrogen) atoms. The van der Waals surface area contributed by atoms with Crippen molar-refractivity contribution in [3.8, 4) is 23.0 Å². The van der Waals surface area contributed by atoms with E-state index in [9.17, 15) is 15.0 Å². The van der Waals surface area contributed by atoms with Crippen molar-refractivity contribution < 1.29 is 29.2 Å². The van der Waals surface area contributed by atoms with Gasteiger partial charge in [0.05, 0.1) is 7.11 Å². The molecule has 0 aliphatic carbocycles. The maximum Gasteiger partial charge on any atom is 0.311 e. The van der Waals surface area contributed by atoms with E-state index >= 15 is 0 Å². The van der Waals surface area contributed by atoms with Crippen molar-refractivity contribution in [3.05, 3.63) is 89.5 Å². The van der Waals surface area contributed by atoms with Crippen molar-refractivity contribution >= 4 is 12.0 Å². The van der Waals surface area contributed by atoms with Gasteiger partial charge in [-0.3, -0.25) is 4.79 Å². The fourth-order valence-electron chi connectivity index (χ4n) is 4.54. The quantitative estimate of drug-likeness (QED) is 0.0921. The number of aliphatic hydroxyl groups excluding tert-OH is 1. The van der Waals surface area contributed by atoms with Gasteiger partial charge in [-0.2, -0.15) is 0 Å². The number of carbonyl (C=O) groups excluding carboxylic acids is 1. The molecular weight excluding hydrogens is 516 g/mol. The first-order chi connectivity index (χ1) is 20.0. The van der Waals surface area contributed by atoms with E-state index in [1.807, 2.05) is 30.3 Å². The zero-order chi connectivity index (χ0) is 29.3. The highest BCUT2D eigenvalue weighted by atomic mass is 16.5. The summed E-state index contributed by atoms with van der Waals surface area (Å²) in [6, 6.07) is 19.7. The number of aliphatic hydroxyl groups is 1. The van der Waals surface area contributed by atoms with E-state index in [0.29, 0.717) is 41.4 Å². The van der Waals surface area contributed by atoms with Gasteiger partial charge in [-0.15, -0.1) is 0 Å². The first-order valence-electron chi connectivity index (χ1n) is 14.7. The van der Waals surface area contributed by atoms with Crippen LogP contribution in [0.5, 0.6) is 23.0 Å². The molecule has 0 aromatic heterocycles. The number of methoxy groups -OCH3 is 1. The Bertz CT molecular complexity index is 1220. The van der Waals surface area contributed by atoms with Gasteiger partial charge < -0.3 is 24.4 Å². The zero-order valence-electron chi connectivity index (χ0n) is 24.4. The van der Waals surface area contributed by atoms with Crippen LogP contribution >= 0.6 is 0 Å². The van der Waals surface area contributed by atoms with Gasteiger partial charge in [0, 0.05) is 29.7 Å². The van der Waals surface area contributed by atoms with Crippen LogP contribution in [0.2, 0.25) is 0 Å². The second-order valence-electron chi connectivity index (χ2n) is 10.3. The monoisotopic (exact) mass is 560 g/mol. The molecule has 0 fully saturated rings. The SMILES string of the molecule is CCCCCCCCCCCC(=O)Oc1ccc(C(O)C=Cc2ccc(OC)cc2O)c(OCc2ccccc2)c1. The van der Waals surface area contributed by atoms with Crippen molar-refractivity contribution in [2.24, 2.45) is 0 Å². The van der Waals surface area contributed by atoms with Crippen LogP contribution in [0.25, 0.3) is 6.08 Å². The summed E-state index contributed by atoms with van der Waals surface area (Å²) in [6.07, 6.45) is 13.2. The molecule has 220 valence electrons. The van der Waals surface area contributed by atoms with Crippen molar-refractivity contribution in [1.82, 2.24) is 0 Å². The van der Waals surface area contributed by atoms with Crippen LogP contribution < -0.4 is 14.2 Å². The Hall–Kier alpha value is -3.77. The van der Waals surface area contributed by atoms with Gasteiger partial charge in [0.25, 0.3) is 0 Å². The third kappa shape index (κ3) is 11.3. The topological polar surface area (TPSA) is 85.2 Å². The number of hydrogen-bond acceptors (Lipinski definition) is 6. The predicted octanol–water partition coefficient (Wildman–Crippen LogP) is 8.55. The second-order valence-corrected chi connectivity index (χ2v) is 10.3. The minimum absolute atomic E-state index is 0.0441. The Morgan fingerprint density at radius 2 is 1.54 bits per heavy atom. The van der Waals surface area contributed by atoms with Gasteiger partial charge in [-0.1, -0.05) is 101 Å². The van der Waals surface area contributed by atoms with Gasteiger partial charge in [0.15, 0.2) is 0 Å². The normalized spacial score (nSPS) is 11.9. The molecule has 3 aromatic carbocycles. The van der Waals surface area contributed by atoms with Crippen molar-refractivity contribution in [2.45, 2.75) is 83.8 Å². The number of ether oxygens (including phenoxy) is 3. The van der Waals surface area contributed by atoms with Crippen molar-refractivity contribution in [1.29, 1.82) is 0 Å². The molecule has 6 nitrogen and oxygen atoms in total. The summed E-state index contributed by atoms with van der Waals surface area (Å²) < 4.78 is 16.8. The summed E-state index contributed by atoms with van der Waals surface area (Å²) in [5.74, 6) is 1.10. The Labute approximate surface area is 244 Å². The largest absolute Gasteiger partial charge is 0.507 e. The summed E-state index contributed by atoms with van der Waals surface area (Å²) >= 11 is 0. The second kappa shape index (κ2) is 17.8. The molecular formula is C35H44O6. The fraction of sp³-hybridized carbons (Fsp3) is 0.400. The van der Waals surface area contributed by atoms with E-state index in [1.165, 1.54) is 51.7 Å². The molecule has 0 radical (unpaired) electrons. The summed E-state index contributed by atoms with van der Waals surface area (Å²) in [7, 11) is 1.53. The summed E-state index contributed by atoms with van der Waals surface area (Å²) in [5.41, 5.74) is 2.03. The van der Waals surface area contributed by atoms with Crippen molar-refractivity contribution in [2.75, 3.05) is 7.11 Å². The van der Waals surface area contributed by atoms with Crippen LogP contribution in [0.4, 0.5) is 0 Å². The van der Waals surface area contributed by atoms with Gasteiger partial charge in [0.1, 0.15) is 35.7 Å². The number of phenolic OH excluding ortho intramolecular Hbond substituents is 1. The average Bonchev–Trinajstić information content (AvgIpc) is 2.99. The number of unbranched alkanes of at least 4 members (excludes halogenated alkanes) is 8. The lowest BCUT2D eigenvalue weighted by molar-refractivity contribution is -0.134. The van der Waals surface area contributed by atoms with E-state index < -0.39 is 6.10 Å². The molecule has 1 unspecified atom stereocenters. The number of hydrogen-bond donors (Lipinski definition) is 2. The number of phenols is 1.